The molecule has 6 fully saturated rings. The predicted octanol–water partition coefficient (Wildman–Crippen LogP) is 5.41. The van der Waals surface area contributed by atoms with Gasteiger partial charge in [-0.25, -0.2) is 0 Å². The summed E-state index contributed by atoms with van der Waals surface area (Å²) in [6, 6.07) is 0. The Morgan fingerprint density at radius 3 is 1.69 bits per heavy atom. The van der Waals surface area contributed by atoms with Gasteiger partial charge in [0, 0.05) is 26.6 Å². The first kappa shape index (κ1) is 33.5. The third-order valence-electron chi connectivity index (χ3n) is 10.5. The fourth-order valence-corrected chi connectivity index (χ4v) is 7.87. The highest BCUT2D eigenvalue weighted by Gasteiger charge is 2.73. The largest absolute Gasteiger partial charge is 0.373 e. The minimum absolute atomic E-state index is 0. The number of hydrogen-bond donors (Lipinski definition) is 0. The molecule has 42 heavy (non-hydrogen) atoms. The van der Waals surface area contributed by atoms with Crippen LogP contribution in [0.1, 0.15) is 88.0 Å². The molecular formula is C34H54O8. The molecule has 0 aromatic heterocycles. The van der Waals surface area contributed by atoms with Crippen LogP contribution in [0.25, 0.3) is 0 Å². The highest BCUT2D eigenvalue weighted by atomic mass is 16.6. The number of ether oxygens (including phenoxy) is 6. The lowest BCUT2D eigenvalue weighted by Gasteiger charge is -2.40. The zero-order valence-electron chi connectivity index (χ0n) is 26.4. The van der Waals surface area contributed by atoms with Crippen molar-refractivity contribution in [3.63, 3.8) is 0 Å². The number of Topliss-reactive ketones (excluding diaryl/α,β-unsaturated/α-hetero) is 2. The average Bonchev–Trinajstić information content (AvgIpc) is 3.77. The van der Waals surface area contributed by atoms with Crippen LogP contribution in [0.15, 0.2) is 23.3 Å². The second-order valence-corrected chi connectivity index (χ2v) is 14.1. The van der Waals surface area contributed by atoms with Gasteiger partial charge in [-0.2, -0.15) is 0 Å². The van der Waals surface area contributed by atoms with Gasteiger partial charge in [0.15, 0.2) is 11.6 Å². The topological polar surface area (TPSA) is 103 Å². The predicted molar refractivity (Wildman–Crippen MR) is 160 cm³/mol. The third kappa shape index (κ3) is 5.96. The molecule has 0 bridgehead atoms. The second-order valence-electron chi connectivity index (χ2n) is 14.1. The van der Waals surface area contributed by atoms with Crippen LogP contribution in [-0.2, 0) is 38.0 Å². The molecule has 2 saturated carbocycles. The Kier molecular flexibility index (Phi) is 9.42. The molecular weight excluding hydrogens is 536 g/mol. The molecule has 0 aromatic carbocycles. The van der Waals surface area contributed by atoms with E-state index in [0.717, 1.165) is 38.9 Å². The first-order valence-electron chi connectivity index (χ1n) is 15.3. The molecule has 4 aliphatic heterocycles. The minimum atomic E-state index is -0.405. The van der Waals surface area contributed by atoms with E-state index in [1.54, 1.807) is 14.2 Å². The van der Waals surface area contributed by atoms with Crippen LogP contribution in [0.5, 0.6) is 0 Å². The summed E-state index contributed by atoms with van der Waals surface area (Å²) in [6.07, 6.45) is 7.91. The van der Waals surface area contributed by atoms with Crippen molar-refractivity contribution in [2.75, 3.05) is 27.4 Å². The Balaban J connectivity index is 0.000000189. The maximum atomic E-state index is 12.5. The second kappa shape index (κ2) is 11.8. The molecule has 11 atom stereocenters. The van der Waals surface area contributed by atoms with E-state index < -0.39 is 6.10 Å². The van der Waals surface area contributed by atoms with Gasteiger partial charge in [-0.15, -0.1) is 0 Å². The molecule has 0 N–H and O–H groups in total. The molecule has 0 aromatic rings. The van der Waals surface area contributed by atoms with Crippen LogP contribution in [0.2, 0.25) is 0 Å². The summed E-state index contributed by atoms with van der Waals surface area (Å²) in [4.78, 5) is 24.6. The summed E-state index contributed by atoms with van der Waals surface area (Å²) in [5, 5.41) is 0. The van der Waals surface area contributed by atoms with Crippen LogP contribution < -0.4 is 0 Å². The van der Waals surface area contributed by atoms with E-state index in [4.69, 9.17) is 28.4 Å². The maximum Gasteiger partial charge on any atom is 0.164 e. The fraction of sp³-hybridized carbons (Fsp3) is 0.824. The van der Waals surface area contributed by atoms with Gasteiger partial charge in [0.25, 0.3) is 0 Å². The van der Waals surface area contributed by atoms with Crippen LogP contribution >= 0.6 is 0 Å². The van der Waals surface area contributed by atoms with Gasteiger partial charge in [-0.05, 0) is 67.2 Å². The van der Waals surface area contributed by atoms with Gasteiger partial charge < -0.3 is 28.4 Å². The average molecular weight is 591 g/mol. The Morgan fingerprint density at radius 1 is 0.833 bits per heavy atom. The third-order valence-corrected chi connectivity index (χ3v) is 10.5. The molecule has 4 heterocycles. The van der Waals surface area contributed by atoms with E-state index in [9.17, 15) is 9.59 Å². The van der Waals surface area contributed by atoms with E-state index in [-0.39, 0.29) is 77.5 Å². The SMILES string of the molecule is C.CO[C@@H]1C(=O)C(C)C[C@]2(CO2)C1[C@]1(C)O[C@@H]1CC=C(C)C.CO[C@@H]1C(=O)CC[C@]2(CO2)C1[C@]1(C)O[C@@H]1CC=C(C)C. The standard InChI is InChI=1S/C17H26O4.C16H24O4.CH4/c1-10(2)6-7-12-16(4,21-12)15-14(19-5)13(18)11(3)8-17(15)9-20-17;1-10(2)5-6-12-15(3,20-12)14-13(18-4)11(17)7-8-16(14)9-19-16;/h6,11-12,14-15H,7-9H2,1-5H3;5,12-14H,6-9H2,1-4H3;1H4/t11?,12-,14-,15?,16-,17+;12-,13-,14?,15-,16+;/m11./s1. The van der Waals surface area contributed by atoms with Crippen molar-refractivity contribution in [1.29, 1.82) is 0 Å². The molecule has 6 rings (SSSR count). The Morgan fingerprint density at radius 2 is 1.29 bits per heavy atom. The molecule has 2 spiro atoms. The van der Waals surface area contributed by atoms with Crippen molar-refractivity contribution in [3.05, 3.63) is 23.3 Å². The fourth-order valence-electron chi connectivity index (χ4n) is 7.87. The molecule has 0 radical (unpaired) electrons. The normalized spacial score (nSPS) is 46.3. The highest BCUT2D eigenvalue weighted by Crippen LogP contribution is 2.60. The number of ketones is 2. The summed E-state index contributed by atoms with van der Waals surface area (Å²) in [5.41, 5.74) is 1.61. The number of carbonyl (C=O) groups is 2. The highest BCUT2D eigenvalue weighted by molar-refractivity contribution is 5.87. The summed E-state index contributed by atoms with van der Waals surface area (Å²) in [6.45, 7) is 16.0. The minimum Gasteiger partial charge on any atom is -0.373 e. The molecule has 0 amide bonds. The molecule has 2 aliphatic carbocycles. The Bertz CT molecular complexity index is 1090. The van der Waals surface area contributed by atoms with Crippen LogP contribution in [-0.4, -0.2) is 85.8 Å². The van der Waals surface area contributed by atoms with E-state index in [1.807, 2.05) is 6.92 Å². The lowest BCUT2D eigenvalue weighted by Crippen LogP contribution is -2.55. The summed E-state index contributed by atoms with van der Waals surface area (Å²) < 4.78 is 34.7. The van der Waals surface area contributed by atoms with Crippen molar-refractivity contribution in [2.45, 2.75) is 135 Å². The number of hydrogen-bond acceptors (Lipinski definition) is 8. The zero-order chi connectivity index (χ0) is 30.0. The smallest absolute Gasteiger partial charge is 0.164 e. The van der Waals surface area contributed by atoms with Gasteiger partial charge in [0.2, 0.25) is 0 Å². The zero-order valence-corrected chi connectivity index (χ0v) is 26.4. The molecule has 6 aliphatic rings. The van der Waals surface area contributed by atoms with E-state index in [2.05, 4.69) is 53.7 Å². The van der Waals surface area contributed by atoms with Crippen LogP contribution in [0.4, 0.5) is 0 Å². The summed E-state index contributed by atoms with van der Waals surface area (Å²) >= 11 is 0. The lowest BCUT2D eigenvalue weighted by molar-refractivity contribution is -0.148. The number of methoxy groups -OCH3 is 2. The monoisotopic (exact) mass is 590 g/mol. The van der Waals surface area contributed by atoms with Crippen LogP contribution in [0.3, 0.4) is 0 Å². The summed E-state index contributed by atoms with van der Waals surface area (Å²) in [5.74, 6) is 0.427. The Labute approximate surface area is 252 Å². The van der Waals surface area contributed by atoms with Crippen molar-refractivity contribution in [3.8, 4) is 0 Å². The lowest BCUT2D eigenvalue weighted by atomic mass is 9.66. The first-order chi connectivity index (χ1) is 19.3. The van der Waals surface area contributed by atoms with Crippen molar-refractivity contribution >= 4 is 11.6 Å². The van der Waals surface area contributed by atoms with Gasteiger partial charge in [0.05, 0.1) is 37.3 Å². The van der Waals surface area contributed by atoms with E-state index in [0.29, 0.717) is 6.42 Å². The first-order valence-corrected chi connectivity index (χ1v) is 15.3. The molecule has 8 nitrogen and oxygen atoms in total. The summed E-state index contributed by atoms with van der Waals surface area (Å²) in [7, 11) is 3.24. The quantitative estimate of drug-likeness (QED) is 0.273. The van der Waals surface area contributed by atoms with Crippen molar-refractivity contribution < 1.29 is 38.0 Å². The van der Waals surface area contributed by atoms with Gasteiger partial charge in [0.1, 0.15) is 34.6 Å². The van der Waals surface area contributed by atoms with Gasteiger partial charge >= 0.3 is 0 Å². The number of rotatable bonds is 8. The van der Waals surface area contributed by atoms with Crippen molar-refractivity contribution in [2.24, 2.45) is 17.8 Å². The van der Waals surface area contributed by atoms with E-state index in [1.165, 1.54) is 11.1 Å². The number of carbonyl (C=O) groups excluding carboxylic acids is 2. The molecule has 3 unspecified atom stereocenters. The molecule has 8 heteroatoms. The Hall–Kier alpha value is -1.42. The molecule has 238 valence electrons. The number of epoxide rings is 4. The van der Waals surface area contributed by atoms with E-state index >= 15 is 0 Å². The maximum absolute atomic E-state index is 12.5. The van der Waals surface area contributed by atoms with Crippen LogP contribution in [0, 0.1) is 17.8 Å². The molecule has 4 saturated heterocycles. The van der Waals surface area contributed by atoms with Gasteiger partial charge in [-0.3, -0.25) is 9.59 Å². The van der Waals surface area contributed by atoms with Crippen molar-refractivity contribution in [1.82, 2.24) is 0 Å². The number of allylic oxidation sites excluding steroid dienone is 2. The van der Waals surface area contributed by atoms with Gasteiger partial charge in [-0.1, -0.05) is 37.6 Å².